The first-order chi connectivity index (χ1) is 6.96. The van der Waals surface area contributed by atoms with Crippen LogP contribution in [0.2, 0.25) is 0 Å². The second-order valence-corrected chi connectivity index (χ2v) is 6.01. The predicted octanol–water partition coefficient (Wildman–Crippen LogP) is 1.52. The zero-order chi connectivity index (χ0) is 11.5. The van der Waals surface area contributed by atoms with E-state index in [-0.39, 0.29) is 5.91 Å². The first-order valence-corrected chi connectivity index (χ1v) is 6.80. The lowest BCUT2D eigenvalue weighted by atomic mass is 9.96. The third kappa shape index (κ3) is 3.38. The standard InChI is InChI=1S/C11H22N2OS/c1-4-5-10(2,12)9(14)13-8-11(15-3)6-7-11/h4-8,12H2,1-3H3,(H,13,14). The number of hydrogen-bond acceptors (Lipinski definition) is 3. The topological polar surface area (TPSA) is 55.1 Å². The molecule has 1 unspecified atom stereocenters. The molecule has 0 aromatic rings. The molecular weight excluding hydrogens is 208 g/mol. The Balaban J connectivity index is 2.35. The van der Waals surface area contributed by atoms with E-state index in [4.69, 9.17) is 5.73 Å². The third-order valence-corrected chi connectivity index (χ3v) is 4.52. The Morgan fingerprint density at radius 3 is 2.60 bits per heavy atom. The highest BCUT2D eigenvalue weighted by molar-refractivity contribution is 8.00. The van der Waals surface area contributed by atoms with Crippen LogP contribution in [0.25, 0.3) is 0 Å². The Morgan fingerprint density at radius 1 is 1.60 bits per heavy atom. The quantitative estimate of drug-likeness (QED) is 0.727. The SMILES string of the molecule is CCCC(C)(N)C(=O)NCC1(SC)CC1. The highest BCUT2D eigenvalue weighted by atomic mass is 32.2. The van der Waals surface area contributed by atoms with Gasteiger partial charge in [-0.05, 0) is 32.4 Å². The fourth-order valence-corrected chi connectivity index (χ4v) is 2.40. The third-order valence-electron chi connectivity index (χ3n) is 3.10. The average Bonchev–Trinajstić information content (AvgIpc) is 2.95. The van der Waals surface area contributed by atoms with E-state index < -0.39 is 5.54 Å². The van der Waals surface area contributed by atoms with Crippen LogP contribution in [0.3, 0.4) is 0 Å². The first kappa shape index (κ1) is 12.8. The van der Waals surface area contributed by atoms with E-state index in [1.165, 1.54) is 12.8 Å². The van der Waals surface area contributed by atoms with Crippen LogP contribution in [0.15, 0.2) is 0 Å². The molecule has 88 valence electrons. The van der Waals surface area contributed by atoms with Gasteiger partial charge in [-0.2, -0.15) is 11.8 Å². The maximum Gasteiger partial charge on any atom is 0.239 e. The molecule has 1 amide bonds. The van der Waals surface area contributed by atoms with Crippen molar-refractivity contribution in [3.63, 3.8) is 0 Å². The van der Waals surface area contributed by atoms with Crippen LogP contribution in [-0.2, 0) is 4.79 Å². The molecule has 0 aliphatic heterocycles. The van der Waals surface area contributed by atoms with Gasteiger partial charge in [0.25, 0.3) is 0 Å². The van der Waals surface area contributed by atoms with Crippen molar-refractivity contribution in [1.82, 2.24) is 5.32 Å². The lowest BCUT2D eigenvalue weighted by Gasteiger charge is -2.24. The number of thioether (sulfide) groups is 1. The molecule has 0 bridgehead atoms. The van der Waals surface area contributed by atoms with Gasteiger partial charge in [0.05, 0.1) is 5.54 Å². The fourth-order valence-electron chi connectivity index (χ4n) is 1.67. The van der Waals surface area contributed by atoms with Gasteiger partial charge < -0.3 is 11.1 Å². The molecular formula is C11H22N2OS. The van der Waals surface area contributed by atoms with Crippen LogP contribution in [0.5, 0.6) is 0 Å². The molecule has 1 rings (SSSR count). The first-order valence-electron chi connectivity index (χ1n) is 5.58. The number of nitrogens with one attached hydrogen (secondary N) is 1. The van der Waals surface area contributed by atoms with Crippen molar-refractivity contribution in [2.45, 2.75) is 49.8 Å². The Morgan fingerprint density at radius 2 is 2.20 bits per heavy atom. The van der Waals surface area contributed by atoms with Crippen molar-refractivity contribution in [2.24, 2.45) is 5.73 Å². The lowest BCUT2D eigenvalue weighted by molar-refractivity contribution is -0.126. The molecule has 4 heteroatoms. The van der Waals surface area contributed by atoms with Gasteiger partial charge in [-0.15, -0.1) is 0 Å². The van der Waals surface area contributed by atoms with Gasteiger partial charge in [0, 0.05) is 11.3 Å². The second-order valence-electron chi connectivity index (χ2n) is 4.74. The molecule has 0 aromatic heterocycles. The van der Waals surface area contributed by atoms with Gasteiger partial charge in [0.1, 0.15) is 0 Å². The minimum Gasteiger partial charge on any atom is -0.353 e. The van der Waals surface area contributed by atoms with Gasteiger partial charge in [-0.1, -0.05) is 13.3 Å². The van der Waals surface area contributed by atoms with Crippen molar-refractivity contribution < 1.29 is 4.79 Å². The van der Waals surface area contributed by atoms with Gasteiger partial charge in [-0.25, -0.2) is 0 Å². The van der Waals surface area contributed by atoms with Crippen molar-refractivity contribution in [3.05, 3.63) is 0 Å². The van der Waals surface area contributed by atoms with E-state index in [0.29, 0.717) is 4.75 Å². The van der Waals surface area contributed by atoms with E-state index in [1.54, 1.807) is 0 Å². The highest BCUT2D eigenvalue weighted by Crippen LogP contribution is 2.46. The van der Waals surface area contributed by atoms with Gasteiger partial charge in [0.15, 0.2) is 0 Å². The molecule has 0 saturated heterocycles. The maximum absolute atomic E-state index is 11.8. The summed E-state index contributed by atoms with van der Waals surface area (Å²) in [5, 5.41) is 2.98. The number of nitrogens with two attached hydrogens (primary N) is 1. The number of hydrogen-bond donors (Lipinski definition) is 2. The molecule has 1 atom stereocenters. The van der Waals surface area contributed by atoms with E-state index in [2.05, 4.69) is 11.6 Å². The summed E-state index contributed by atoms with van der Waals surface area (Å²) in [7, 11) is 0. The van der Waals surface area contributed by atoms with E-state index in [0.717, 1.165) is 19.4 Å². The van der Waals surface area contributed by atoms with E-state index in [1.807, 2.05) is 25.6 Å². The molecule has 0 radical (unpaired) electrons. The van der Waals surface area contributed by atoms with Crippen molar-refractivity contribution in [1.29, 1.82) is 0 Å². The Kier molecular flexibility index (Phi) is 4.06. The van der Waals surface area contributed by atoms with E-state index >= 15 is 0 Å². The lowest BCUT2D eigenvalue weighted by Crippen LogP contribution is -2.52. The molecule has 1 aliphatic rings. The summed E-state index contributed by atoms with van der Waals surface area (Å²) in [6.45, 7) is 4.62. The zero-order valence-electron chi connectivity index (χ0n) is 9.93. The summed E-state index contributed by atoms with van der Waals surface area (Å²) in [5.41, 5.74) is 5.24. The molecule has 1 fully saturated rings. The molecule has 0 heterocycles. The maximum atomic E-state index is 11.8. The summed E-state index contributed by atoms with van der Waals surface area (Å²) in [6, 6.07) is 0. The molecule has 3 nitrogen and oxygen atoms in total. The smallest absolute Gasteiger partial charge is 0.239 e. The minimum atomic E-state index is -0.705. The summed E-state index contributed by atoms with van der Waals surface area (Å²) in [6.07, 6.45) is 6.21. The summed E-state index contributed by atoms with van der Waals surface area (Å²) in [4.78, 5) is 11.8. The van der Waals surface area contributed by atoms with Crippen molar-refractivity contribution in [3.8, 4) is 0 Å². The monoisotopic (exact) mass is 230 g/mol. The average molecular weight is 230 g/mol. The van der Waals surface area contributed by atoms with Gasteiger partial charge in [0.2, 0.25) is 5.91 Å². The summed E-state index contributed by atoms with van der Waals surface area (Å²) >= 11 is 1.85. The fraction of sp³-hybridized carbons (Fsp3) is 0.909. The highest BCUT2D eigenvalue weighted by Gasteiger charge is 2.42. The molecule has 15 heavy (non-hydrogen) atoms. The minimum absolute atomic E-state index is 0.00956. The Hall–Kier alpha value is -0.220. The molecule has 0 spiro atoms. The van der Waals surface area contributed by atoms with Crippen LogP contribution in [0.4, 0.5) is 0 Å². The van der Waals surface area contributed by atoms with E-state index in [9.17, 15) is 4.79 Å². The van der Waals surface area contributed by atoms with Crippen LogP contribution in [0.1, 0.15) is 39.5 Å². The zero-order valence-corrected chi connectivity index (χ0v) is 10.7. The van der Waals surface area contributed by atoms with Crippen molar-refractivity contribution >= 4 is 17.7 Å². The predicted molar refractivity (Wildman–Crippen MR) is 66.0 cm³/mol. The van der Waals surface area contributed by atoms with Crippen LogP contribution in [0, 0.1) is 0 Å². The van der Waals surface area contributed by atoms with Crippen LogP contribution in [-0.4, -0.2) is 29.0 Å². The number of carbonyl (C=O) groups excluding carboxylic acids is 1. The molecule has 3 N–H and O–H groups in total. The van der Waals surface area contributed by atoms with Crippen LogP contribution < -0.4 is 11.1 Å². The Labute approximate surface area is 96.6 Å². The Bertz CT molecular complexity index is 237. The largest absolute Gasteiger partial charge is 0.353 e. The van der Waals surface area contributed by atoms with Gasteiger partial charge in [-0.3, -0.25) is 4.79 Å². The van der Waals surface area contributed by atoms with Crippen molar-refractivity contribution in [2.75, 3.05) is 12.8 Å². The molecule has 0 aromatic carbocycles. The second kappa shape index (κ2) is 4.74. The van der Waals surface area contributed by atoms with Crippen LogP contribution >= 0.6 is 11.8 Å². The normalized spacial score (nSPS) is 21.9. The van der Waals surface area contributed by atoms with Gasteiger partial charge >= 0.3 is 0 Å². The summed E-state index contributed by atoms with van der Waals surface area (Å²) < 4.78 is 0.317. The molecule has 1 saturated carbocycles. The number of amides is 1. The number of carbonyl (C=O) groups is 1. The number of rotatable bonds is 6. The molecule has 1 aliphatic carbocycles. The summed E-state index contributed by atoms with van der Waals surface area (Å²) in [5.74, 6) is -0.00956.